The molecule has 0 radical (unpaired) electrons. The number of terminal acetylenes is 1. The van der Waals surface area contributed by atoms with Gasteiger partial charge in [-0.25, -0.2) is 4.98 Å². The van der Waals surface area contributed by atoms with Gasteiger partial charge in [0.05, 0.1) is 0 Å². The lowest BCUT2D eigenvalue weighted by molar-refractivity contribution is 0.894. The average Bonchev–Trinajstić information content (AvgIpc) is 2.64. The second-order valence-corrected chi connectivity index (χ2v) is 3.09. The summed E-state index contributed by atoms with van der Waals surface area (Å²) >= 11 is 0. The zero-order valence-electron chi connectivity index (χ0n) is 7.94. The fourth-order valence-electron chi connectivity index (χ4n) is 1.18. The Morgan fingerprint density at radius 3 is 2.29 bits per heavy atom. The Kier molecular flexibility index (Phi) is 2.08. The van der Waals surface area contributed by atoms with Gasteiger partial charge in [0.2, 0.25) is 0 Å². The minimum absolute atomic E-state index is 0.671. The van der Waals surface area contributed by atoms with Crippen LogP contribution in [0.3, 0.4) is 0 Å². The Morgan fingerprint density at radius 2 is 2.07 bits per heavy atom. The molecule has 0 atom stereocenters. The number of imidazole rings is 1. The maximum absolute atomic E-state index is 5.06. The van der Waals surface area contributed by atoms with E-state index in [9.17, 15) is 0 Å². The SMILES string of the molecule is C#Cc1nccn1C.c1cc2cc-2c1. The molecule has 0 saturated heterocycles. The molecule has 1 aromatic rings. The summed E-state index contributed by atoms with van der Waals surface area (Å²) in [4.78, 5) is 3.86. The van der Waals surface area contributed by atoms with E-state index in [-0.39, 0.29) is 0 Å². The molecule has 0 aromatic carbocycles. The van der Waals surface area contributed by atoms with Crippen molar-refractivity contribution in [2.45, 2.75) is 0 Å². The number of aromatic nitrogens is 2. The Labute approximate surface area is 83.2 Å². The maximum atomic E-state index is 5.06. The summed E-state index contributed by atoms with van der Waals surface area (Å²) in [6.45, 7) is 0. The number of nitrogens with zero attached hydrogens (tertiary/aromatic N) is 2. The molecular weight excluding hydrogens is 172 g/mol. The molecule has 0 unspecified atom stereocenters. The van der Waals surface area contributed by atoms with Gasteiger partial charge in [-0.1, -0.05) is 18.2 Å². The fraction of sp³-hybridized carbons (Fsp3) is 0.0833. The quantitative estimate of drug-likeness (QED) is 0.487. The van der Waals surface area contributed by atoms with E-state index >= 15 is 0 Å². The molecule has 3 rings (SSSR count). The summed E-state index contributed by atoms with van der Waals surface area (Å²) in [5.74, 6) is 3.10. The van der Waals surface area contributed by atoms with Crippen molar-refractivity contribution in [3.63, 3.8) is 0 Å². The summed E-state index contributed by atoms with van der Waals surface area (Å²) in [5, 5.41) is 0. The van der Waals surface area contributed by atoms with Gasteiger partial charge < -0.3 is 4.57 Å². The second kappa shape index (κ2) is 3.39. The van der Waals surface area contributed by atoms with Crippen molar-refractivity contribution in [1.82, 2.24) is 9.55 Å². The summed E-state index contributed by atoms with van der Waals surface area (Å²) in [7, 11) is 1.86. The Hall–Kier alpha value is -2.01. The summed E-state index contributed by atoms with van der Waals surface area (Å²) in [6, 6.07) is 8.48. The molecular formula is C12H10N2. The smallest absolute Gasteiger partial charge is 0.184 e. The van der Waals surface area contributed by atoms with Gasteiger partial charge >= 0.3 is 0 Å². The first-order valence-corrected chi connectivity index (χ1v) is 4.35. The lowest BCUT2D eigenvalue weighted by Gasteiger charge is -1.86. The summed E-state index contributed by atoms with van der Waals surface area (Å²) in [6.07, 6.45) is 8.55. The standard InChI is InChI=1S/C6H6N2.C6H4/c1-3-6-7-4-5-8(6)2;1-2-5-4-6(5)3-1/h1,4-5H,2H3;1-4H. The van der Waals surface area contributed by atoms with E-state index in [1.54, 1.807) is 10.8 Å². The number of hydrogen-bond donors (Lipinski definition) is 0. The van der Waals surface area contributed by atoms with Gasteiger partial charge in [0.25, 0.3) is 0 Å². The molecule has 0 bridgehead atoms. The minimum atomic E-state index is 0.671. The van der Waals surface area contributed by atoms with Gasteiger partial charge in [-0.3, -0.25) is 0 Å². The van der Waals surface area contributed by atoms with Crippen LogP contribution in [0.5, 0.6) is 0 Å². The molecule has 14 heavy (non-hydrogen) atoms. The van der Waals surface area contributed by atoms with E-state index in [2.05, 4.69) is 35.2 Å². The van der Waals surface area contributed by atoms with Crippen LogP contribution < -0.4 is 0 Å². The van der Waals surface area contributed by atoms with E-state index < -0.39 is 0 Å². The zero-order valence-corrected chi connectivity index (χ0v) is 7.94. The molecule has 68 valence electrons. The Morgan fingerprint density at radius 1 is 1.36 bits per heavy atom. The van der Waals surface area contributed by atoms with Gasteiger partial charge in [0.1, 0.15) is 0 Å². The van der Waals surface area contributed by atoms with Gasteiger partial charge in [0.15, 0.2) is 5.82 Å². The normalized spacial score (nSPS) is 9.71. The number of hydrogen-bond acceptors (Lipinski definition) is 1. The predicted molar refractivity (Wildman–Crippen MR) is 56.6 cm³/mol. The van der Waals surface area contributed by atoms with E-state index in [0.29, 0.717) is 5.82 Å². The highest BCUT2D eigenvalue weighted by Crippen LogP contribution is 2.32. The highest BCUT2D eigenvalue weighted by Gasteiger charge is 2.06. The molecule has 0 saturated carbocycles. The topological polar surface area (TPSA) is 17.8 Å². The summed E-state index contributed by atoms with van der Waals surface area (Å²) in [5.41, 5.74) is 2.85. The Balaban J connectivity index is 0.000000110. The first-order chi connectivity index (χ1) is 6.81. The molecule has 1 heterocycles. The second-order valence-electron chi connectivity index (χ2n) is 3.09. The van der Waals surface area contributed by atoms with Gasteiger partial charge in [-0.15, -0.1) is 6.42 Å². The highest BCUT2D eigenvalue weighted by molar-refractivity contribution is 5.80. The maximum Gasteiger partial charge on any atom is 0.184 e. The number of aryl methyl sites for hydroxylation is 1. The predicted octanol–water partition coefficient (Wildman–Crippen LogP) is 2.07. The Bertz CT molecular complexity index is 472. The van der Waals surface area contributed by atoms with E-state index in [1.807, 2.05) is 13.2 Å². The van der Waals surface area contributed by atoms with Crippen LogP contribution in [-0.4, -0.2) is 9.55 Å². The fourth-order valence-corrected chi connectivity index (χ4v) is 1.18. The van der Waals surface area contributed by atoms with E-state index in [0.717, 1.165) is 0 Å². The average molecular weight is 182 g/mol. The van der Waals surface area contributed by atoms with Crippen LogP contribution in [0.1, 0.15) is 5.82 Å². The van der Waals surface area contributed by atoms with Gasteiger partial charge in [-0.05, 0) is 23.1 Å². The van der Waals surface area contributed by atoms with Crippen LogP contribution in [-0.2, 0) is 7.05 Å². The third kappa shape index (κ3) is 1.67. The van der Waals surface area contributed by atoms with Gasteiger partial charge in [-0.2, -0.15) is 0 Å². The number of benzene rings is 1. The molecule has 2 nitrogen and oxygen atoms in total. The monoisotopic (exact) mass is 182 g/mol. The van der Waals surface area contributed by atoms with Crippen molar-refractivity contribution in [1.29, 1.82) is 0 Å². The van der Waals surface area contributed by atoms with Crippen LogP contribution in [0.15, 0.2) is 36.7 Å². The third-order valence-electron chi connectivity index (χ3n) is 2.06. The van der Waals surface area contributed by atoms with Crippen LogP contribution in [0.2, 0.25) is 0 Å². The van der Waals surface area contributed by atoms with Gasteiger partial charge in [0, 0.05) is 19.4 Å². The van der Waals surface area contributed by atoms with E-state index in [1.165, 1.54) is 11.1 Å². The zero-order chi connectivity index (χ0) is 9.97. The third-order valence-corrected chi connectivity index (χ3v) is 2.06. The van der Waals surface area contributed by atoms with Crippen molar-refractivity contribution in [2.75, 3.05) is 0 Å². The van der Waals surface area contributed by atoms with E-state index in [4.69, 9.17) is 6.42 Å². The van der Waals surface area contributed by atoms with Crippen molar-refractivity contribution < 1.29 is 0 Å². The van der Waals surface area contributed by atoms with Crippen molar-refractivity contribution in [3.8, 4) is 23.5 Å². The molecule has 1 aromatic heterocycles. The molecule has 0 spiro atoms. The lowest BCUT2D eigenvalue weighted by Crippen LogP contribution is -1.88. The van der Waals surface area contributed by atoms with Crippen LogP contribution in [0.25, 0.3) is 11.1 Å². The van der Waals surface area contributed by atoms with Crippen LogP contribution in [0, 0.1) is 12.3 Å². The van der Waals surface area contributed by atoms with Crippen molar-refractivity contribution >= 4 is 0 Å². The van der Waals surface area contributed by atoms with Crippen LogP contribution in [0.4, 0.5) is 0 Å². The molecule has 0 amide bonds. The first-order valence-electron chi connectivity index (χ1n) is 4.35. The molecule has 0 fully saturated rings. The van der Waals surface area contributed by atoms with Crippen molar-refractivity contribution in [2.24, 2.45) is 7.05 Å². The minimum Gasteiger partial charge on any atom is -0.327 e. The molecule has 0 aliphatic heterocycles. The number of fused-ring (bicyclic) bond motifs is 1. The first kappa shape index (κ1) is 8.58. The molecule has 2 heteroatoms. The molecule has 0 N–H and O–H groups in total. The summed E-state index contributed by atoms with van der Waals surface area (Å²) < 4.78 is 1.79. The lowest BCUT2D eigenvalue weighted by atomic mass is 10.6. The largest absolute Gasteiger partial charge is 0.327 e. The number of rotatable bonds is 0. The van der Waals surface area contributed by atoms with Crippen molar-refractivity contribution in [3.05, 3.63) is 42.5 Å². The van der Waals surface area contributed by atoms with Crippen LogP contribution >= 0.6 is 0 Å². The molecule has 2 aliphatic carbocycles. The highest BCUT2D eigenvalue weighted by atomic mass is 15.0. The molecule has 2 aliphatic rings.